The minimum absolute atomic E-state index is 0.00785. The lowest BCUT2D eigenvalue weighted by molar-refractivity contribution is -0.135. The SMILES string of the molecule is C#CCONC(=O)C1C2CCOC21. The van der Waals surface area contributed by atoms with Gasteiger partial charge in [-0.15, -0.1) is 6.42 Å². The van der Waals surface area contributed by atoms with E-state index in [1.165, 1.54) is 0 Å². The topological polar surface area (TPSA) is 47.6 Å². The van der Waals surface area contributed by atoms with Crippen LogP contribution in [0.4, 0.5) is 0 Å². The highest BCUT2D eigenvalue weighted by molar-refractivity contribution is 5.82. The molecule has 0 bridgehead atoms. The molecule has 1 saturated carbocycles. The highest BCUT2D eigenvalue weighted by atomic mass is 16.6. The molecular weight excluding hydrogens is 170 g/mol. The van der Waals surface area contributed by atoms with Crippen LogP contribution >= 0.6 is 0 Å². The lowest BCUT2D eigenvalue weighted by Gasteiger charge is -2.04. The first-order chi connectivity index (χ1) is 6.34. The van der Waals surface area contributed by atoms with Crippen LogP contribution in [0.5, 0.6) is 0 Å². The van der Waals surface area contributed by atoms with Crippen LogP contribution in [0.15, 0.2) is 0 Å². The fourth-order valence-corrected chi connectivity index (χ4v) is 1.81. The van der Waals surface area contributed by atoms with Gasteiger partial charge in [-0.3, -0.25) is 9.63 Å². The van der Waals surface area contributed by atoms with Crippen molar-refractivity contribution in [1.82, 2.24) is 5.48 Å². The standard InChI is InChI=1S/C9H11NO3/c1-2-4-13-10-9(11)7-6-3-5-12-8(6)7/h1,6-8H,3-5H2,(H,10,11). The maximum absolute atomic E-state index is 11.3. The van der Waals surface area contributed by atoms with Crippen LogP contribution < -0.4 is 5.48 Å². The van der Waals surface area contributed by atoms with E-state index in [0.29, 0.717) is 5.92 Å². The first-order valence-electron chi connectivity index (χ1n) is 4.31. The first kappa shape index (κ1) is 8.54. The molecule has 0 aromatic carbocycles. The molecule has 0 spiro atoms. The van der Waals surface area contributed by atoms with Crippen LogP contribution in [0.2, 0.25) is 0 Å². The molecule has 1 heterocycles. The molecule has 1 saturated heterocycles. The van der Waals surface area contributed by atoms with E-state index in [1.54, 1.807) is 0 Å². The Balaban J connectivity index is 1.71. The number of terminal acetylenes is 1. The third-order valence-electron chi connectivity index (χ3n) is 2.49. The zero-order valence-electron chi connectivity index (χ0n) is 7.16. The molecular formula is C9H11NO3. The number of hydroxylamine groups is 1. The van der Waals surface area contributed by atoms with Gasteiger partial charge in [0, 0.05) is 12.5 Å². The molecule has 1 amide bonds. The smallest absolute Gasteiger partial charge is 0.249 e. The zero-order valence-corrected chi connectivity index (χ0v) is 7.16. The van der Waals surface area contributed by atoms with Gasteiger partial charge in [0.1, 0.15) is 6.61 Å². The largest absolute Gasteiger partial charge is 0.377 e. The highest BCUT2D eigenvalue weighted by Crippen LogP contribution is 2.48. The fourth-order valence-electron chi connectivity index (χ4n) is 1.81. The van der Waals surface area contributed by atoms with E-state index >= 15 is 0 Å². The summed E-state index contributed by atoms with van der Waals surface area (Å²) in [7, 11) is 0. The highest BCUT2D eigenvalue weighted by Gasteiger charge is 2.58. The average Bonchev–Trinajstić information content (AvgIpc) is 2.61. The Morgan fingerprint density at radius 2 is 2.62 bits per heavy atom. The van der Waals surface area contributed by atoms with Crippen LogP contribution in [0, 0.1) is 24.2 Å². The van der Waals surface area contributed by atoms with Gasteiger partial charge in [0.05, 0.1) is 12.0 Å². The summed E-state index contributed by atoms with van der Waals surface area (Å²) in [5.41, 5.74) is 2.31. The van der Waals surface area contributed by atoms with Crippen LogP contribution in [0.3, 0.4) is 0 Å². The predicted octanol–water partition coefficient (Wildman–Crippen LogP) is -0.298. The Labute approximate surface area is 76.5 Å². The molecule has 1 aliphatic heterocycles. The average molecular weight is 181 g/mol. The number of fused-ring (bicyclic) bond motifs is 1. The van der Waals surface area contributed by atoms with Gasteiger partial charge in [0.25, 0.3) is 0 Å². The second-order valence-corrected chi connectivity index (χ2v) is 3.27. The van der Waals surface area contributed by atoms with Gasteiger partial charge in [-0.25, -0.2) is 5.48 Å². The number of hydrogen-bond donors (Lipinski definition) is 1. The van der Waals surface area contributed by atoms with E-state index in [9.17, 15) is 4.79 Å². The molecule has 2 aliphatic rings. The summed E-state index contributed by atoms with van der Waals surface area (Å²) in [5, 5.41) is 0. The van der Waals surface area contributed by atoms with Gasteiger partial charge in [-0.2, -0.15) is 0 Å². The summed E-state index contributed by atoms with van der Waals surface area (Å²) in [6, 6.07) is 0. The minimum atomic E-state index is -0.107. The van der Waals surface area contributed by atoms with E-state index in [4.69, 9.17) is 16.0 Å². The Bertz CT molecular complexity index is 248. The lowest BCUT2D eigenvalue weighted by Crippen LogP contribution is -2.27. The number of carbonyl (C=O) groups is 1. The summed E-state index contributed by atoms with van der Waals surface area (Å²) in [6.45, 7) is 0.888. The lowest BCUT2D eigenvalue weighted by atomic mass is 10.2. The fraction of sp³-hybridized carbons (Fsp3) is 0.667. The van der Waals surface area contributed by atoms with Gasteiger partial charge >= 0.3 is 0 Å². The maximum Gasteiger partial charge on any atom is 0.249 e. The van der Waals surface area contributed by atoms with Crippen molar-refractivity contribution in [3.63, 3.8) is 0 Å². The minimum Gasteiger partial charge on any atom is -0.377 e. The normalized spacial score (nSPS) is 34.8. The molecule has 0 radical (unpaired) electrons. The van der Waals surface area contributed by atoms with Crippen molar-refractivity contribution in [3.05, 3.63) is 0 Å². The van der Waals surface area contributed by atoms with Gasteiger partial charge in [0.2, 0.25) is 5.91 Å². The number of ether oxygens (including phenoxy) is 1. The molecule has 13 heavy (non-hydrogen) atoms. The van der Waals surface area contributed by atoms with Crippen LogP contribution in [0.1, 0.15) is 6.42 Å². The van der Waals surface area contributed by atoms with Crippen molar-refractivity contribution in [2.24, 2.45) is 11.8 Å². The Morgan fingerprint density at radius 1 is 1.77 bits per heavy atom. The summed E-state index contributed by atoms with van der Waals surface area (Å²) < 4.78 is 5.31. The Kier molecular flexibility index (Phi) is 2.21. The quantitative estimate of drug-likeness (QED) is 0.369. The summed E-state index contributed by atoms with van der Waals surface area (Å²) >= 11 is 0. The monoisotopic (exact) mass is 181 g/mol. The molecule has 4 nitrogen and oxygen atoms in total. The number of hydrogen-bond acceptors (Lipinski definition) is 3. The van der Waals surface area contributed by atoms with E-state index in [2.05, 4.69) is 11.4 Å². The Hall–Kier alpha value is -1.05. The first-order valence-corrected chi connectivity index (χ1v) is 4.31. The number of rotatable bonds is 3. The van der Waals surface area contributed by atoms with Crippen LogP contribution in [-0.4, -0.2) is 25.2 Å². The van der Waals surface area contributed by atoms with Crippen molar-refractivity contribution < 1.29 is 14.4 Å². The van der Waals surface area contributed by atoms with Gasteiger partial charge in [-0.1, -0.05) is 5.92 Å². The summed E-state index contributed by atoms with van der Waals surface area (Å²) in [5.74, 6) is 2.56. The molecule has 0 aromatic heterocycles. The van der Waals surface area contributed by atoms with Crippen LogP contribution in [0.25, 0.3) is 0 Å². The second kappa shape index (κ2) is 3.36. The molecule has 4 heteroatoms. The number of carbonyl (C=O) groups excluding carboxylic acids is 1. The van der Waals surface area contributed by atoms with E-state index in [1.807, 2.05) is 0 Å². The van der Waals surface area contributed by atoms with Crippen molar-refractivity contribution in [1.29, 1.82) is 0 Å². The van der Waals surface area contributed by atoms with Crippen molar-refractivity contribution >= 4 is 5.91 Å². The van der Waals surface area contributed by atoms with Crippen LogP contribution in [-0.2, 0) is 14.4 Å². The molecule has 3 unspecified atom stereocenters. The summed E-state index contributed by atoms with van der Waals surface area (Å²) in [4.78, 5) is 16.0. The van der Waals surface area contributed by atoms with Gasteiger partial charge in [0.15, 0.2) is 0 Å². The molecule has 2 fully saturated rings. The van der Waals surface area contributed by atoms with E-state index < -0.39 is 0 Å². The summed E-state index contributed by atoms with van der Waals surface area (Å²) in [6.07, 6.45) is 6.07. The second-order valence-electron chi connectivity index (χ2n) is 3.27. The van der Waals surface area contributed by atoms with Crippen molar-refractivity contribution in [2.45, 2.75) is 12.5 Å². The molecule has 1 N–H and O–H groups in total. The maximum atomic E-state index is 11.3. The van der Waals surface area contributed by atoms with Gasteiger partial charge < -0.3 is 4.74 Å². The number of nitrogens with one attached hydrogen (secondary N) is 1. The van der Waals surface area contributed by atoms with E-state index in [0.717, 1.165) is 13.0 Å². The zero-order chi connectivity index (χ0) is 9.26. The predicted molar refractivity (Wildman–Crippen MR) is 44.3 cm³/mol. The molecule has 1 aliphatic carbocycles. The van der Waals surface area contributed by atoms with E-state index in [-0.39, 0.29) is 24.5 Å². The molecule has 70 valence electrons. The van der Waals surface area contributed by atoms with Gasteiger partial charge in [-0.05, 0) is 6.42 Å². The molecule has 3 atom stereocenters. The molecule has 0 aromatic rings. The molecule has 2 rings (SSSR count). The van der Waals surface area contributed by atoms with Crippen molar-refractivity contribution in [3.8, 4) is 12.3 Å². The van der Waals surface area contributed by atoms with Crippen molar-refractivity contribution in [2.75, 3.05) is 13.2 Å². The third kappa shape index (κ3) is 1.53. The third-order valence-corrected chi connectivity index (χ3v) is 2.49. The number of amides is 1. The Morgan fingerprint density at radius 3 is 3.23 bits per heavy atom.